The molecule has 1 aromatic rings. The second-order valence-electron chi connectivity index (χ2n) is 18.9. The standard InChI is InChI=1S/C42H70N6O9/c1-25(2)40(16,32(52)45-39(14,15)34(54)57-36(7,8)9)46-30(50)38(12,13)43-29(49)37(10,11)44-31(51)41(17,26(3)4)47-33(53)42(18,27(5)6)48-35(55)56-24-28-22-20-19-21-23-28/h19-23,25-27H,24H2,1-18H3,(H,43,49)(H,44,51)(H,45,52)(H,46,50)(H,47,53)(H,48,55)/t40-,41-,42-/m1/s1/i31+1,33+1,46+1. The summed E-state index contributed by atoms with van der Waals surface area (Å²) in [6, 6.07) is 9.06. The first-order valence-electron chi connectivity index (χ1n) is 19.4. The van der Waals surface area contributed by atoms with Crippen molar-refractivity contribution < 1.29 is 43.0 Å². The summed E-state index contributed by atoms with van der Waals surface area (Å²) in [6.45, 7) is 28.9. The van der Waals surface area contributed by atoms with Crippen LogP contribution >= 0.6 is 0 Å². The monoisotopic (exact) mass is 806 g/mol. The van der Waals surface area contributed by atoms with Gasteiger partial charge >= 0.3 is 12.1 Å². The maximum atomic E-state index is 14.0. The van der Waals surface area contributed by atoms with Gasteiger partial charge in [-0.05, 0) is 106 Å². The quantitative estimate of drug-likeness (QED) is 0.0747. The first-order chi connectivity index (χ1) is 25.6. The third kappa shape index (κ3) is 13.2. The maximum absolute atomic E-state index is 14.0. The van der Waals surface area contributed by atoms with Gasteiger partial charge < -0.3 is 41.4 Å². The number of hydrogen-bond donors (Lipinski definition) is 6. The normalized spacial score (nSPS) is 15.6. The summed E-state index contributed by atoms with van der Waals surface area (Å²) < 4.78 is 10.8. The highest BCUT2D eigenvalue weighted by Crippen LogP contribution is 2.25. The van der Waals surface area contributed by atoms with Gasteiger partial charge in [0.2, 0.25) is 29.5 Å². The fraction of sp³-hybridized carbons (Fsp3) is 0.690. The summed E-state index contributed by atoms with van der Waals surface area (Å²) in [5.41, 5.74) is -9.29. The Labute approximate surface area is 339 Å². The Balaban J connectivity index is 3.19. The lowest BCUT2D eigenvalue weighted by molar-refractivity contribution is -0.163. The molecule has 57 heavy (non-hydrogen) atoms. The summed E-state index contributed by atoms with van der Waals surface area (Å²) in [6.07, 6.45) is -0.815. The molecule has 0 spiro atoms. The van der Waals surface area contributed by atoms with Gasteiger partial charge in [0.1, 0.15) is 45.4 Å². The van der Waals surface area contributed by atoms with Gasteiger partial charge in [0.05, 0.1) is 0 Å². The highest BCUT2D eigenvalue weighted by atomic mass is 16.6. The molecule has 0 saturated heterocycles. The summed E-state index contributed by atoms with van der Waals surface area (Å²) in [5.74, 6) is -5.47. The highest BCUT2D eigenvalue weighted by Gasteiger charge is 2.49. The Morgan fingerprint density at radius 1 is 0.474 bits per heavy atom. The molecule has 6 N–H and O–H groups in total. The molecule has 0 aliphatic carbocycles. The van der Waals surface area contributed by atoms with E-state index in [4.69, 9.17) is 9.47 Å². The maximum Gasteiger partial charge on any atom is 0.408 e. The largest absolute Gasteiger partial charge is 0.458 e. The van der Waals surface area contributed by atoms with Crippen molar-refractivity contribution in [3.8, 4) is 0 Å². The zero-order valence-electron chi connectivity index (χ0n) is 37.5. The van der Waals surface area contributed by atoms with E-state index in [2.05, 4.69) is 31.9 Å². The van der Waals surface area contributed by atoms with Gasteiger partial charge in [-0.3, -0.25) is 24.0 Å². The molecule has 6 amide bonds. The van der Waals surface area contributed by atoms with E-state index in [1.165, 1.54) is 62.3 Å². The van der Waals surface area contributed by atoms with Crippen molar-refractivity contribution in [3.63, 3.8) is 0 Å². The van der Waals surface area contributed by atoms with Gasteiger partial charge in [-0.2, -0.15) is 0 Å². The summed E-state index contributed by atoms with van der Waals surface area (Å²) >= 11 is 0. The predicted octanol–water partition coefficient (Wildman–Crippen LogP) is 4.42. The molecule has 0 aliphatic rings. The summed E-state index contributed by atoms with van der Waals surface area (Å²) in [4.78, 5) is 95.0. The molecule has 0 aliphatic heterocycles. The van der Waals surface area contributed by atoms with Crippen molar-refractivity contribution in [2.75, 3.05) is 0 Å². The molecule has 0 unspecified atom stereocenters. The molecule has 0 fully saturated rings. The third-order valence-electron chi connectivity index (χ3n) is 10.5. The minimum absolute atomic E-state index is 0.00916. The zero-order chi connectivity index (χ0) is 44.8. The van der Waals surface area contributed by atoms with Crippen LogP contribution in [0.2, 0.25) is 0 Å². The average Bonchev–Trinajstić information content (AvgIpc) is 3.05. The number of hydrogen-bond acceptors (Lipinski definition) is 9. The van der Waals surface area contributed by atoms with Crippen LogP contribution in [0.3, 0.4) is 0 Å². The van der Waals surface area contributed by atoms with Gasteiger partial charge in [-0.25, -0.2) is 9.59 Å². The van der Waals surface area contributed by atoms with Crippen molar-refractivity contribution in [1.29, 1.82) is 0 Å². The number of ether oxygens (including phenoxy) is 2. The Morgan fingerprint density at radius 3 is 1.21 bits per heavy atom. The molecular weight excluding hydrogens is 735 g/mol. The van der Waals surface area contributed by atoms with E-state index in [0.29, 0.717) is 0 Å². The number of amides is 6. The lowest BCUT2D eigenvalue weighted by atomic mass is 9.87. The number of benzene rings is 1. The van der Waals surface area contributed by atoms with Crippen LogP contribution in [-0.2, 0) is 44.8 Å². The van der Waals surface area contributed by atoms with Gasteiger partial charge in [0.15, 0.2) is 0 Å². The van der Waals surface area contributed by atoms with Crippen molar-refractivity contribution in [1.82, 2.24) is 31.9 Å². The highest BCUT2D eigenvalue weighted by molar-refractivity contribution is 6.01. The first kappa shape index (κ1) is 50.3. The Bertz CT molecular complexity index is 1650. The van der Waals surface area contributed by atoms with Gasteiger partial charge in [-0.15, -0.1) is 0 Å². The molecule has 15 heteroatoms. The molecule has 1 aromatic carbocycles. The van der Waals surface area contributed by atoms with Crippen LogP contribution in [-0.4, -0.2) is 80.4 Å². The smallest absolute Gasteiger partial charge is 0.408 e. The molecule has 0 aromatic heterocycles. The van der Waals surface area contributed by atoms with Crippen LogP contribution in [0.25, 0.3) is 0 Å². The molecule has 322 valence electrons. The number of carbonyl (C=O) groups excluding carboxylic acids is 7. The lowest BCUT2D eigenvalue weighted by Gasteiger charge is -2.41. The molecule has 0 saturated carbocycles. The van der Waals surface area contributed by atoms with Gasteiger partial charge in [-0.1, -0.05) is 71.9 Å². The van der Waals surface area contributed by atoms with E-state index >= 15 is 0 Å². The zero-order valence-corrected chi connectivity index (χ0v) is 37.5. The molecule has 0 heterocycles. The molecule has 15 nitrogen and oxygen atoms in total. The van der Waals surface area contributed by atoms with Crippen molar-refractivity contribution in [2.45, 2.75) is 170 Å². The van der Waals surface area contributed by atoms with Crippen molar-refractivity contribution >= 4 is 41.6 Å². The van der Waals surface area contributed by atoms with E-state index in [1.807, 2.05) is 18.2 Å². The van der Waals surface area contributed by atoms with Crippen LogP contribution in [0, 0.1) is 17.8 Å². The van der Waals surface area contributed by atoms with E-state index in [0.717, 1.165) is 5.56 Å². The van der Waals surface area contributed by atoms with Crippen LogP contribution in [0.4, 0.5) is 4.79 Å². The predicted molar refractivity (Wildman–Crippen MR) is 218 cm³/mol. The minimum Gasteiger partial charge on any atom is -0.458 e. The Kier molecular flexibility index (Phi) is 16.1. The van der Waals surface area contributed by atoms with Crippen LogP contribution in [0.1, 0.15) is 130 Å². The van der Waals surface area contributed by atoms with E-state index in [1.54, 1.807) is 74.4 Å². The fourth-order valence-electron chi connectivity index (χ4n) is 4.96. The minimum atomic E-state index is -1.62. The van der Waals surface area contributed by atoms with Crippen molar-refractivity contribution in [3.05, 3.63) is 35.9 Å². The lowest BCUT2D eigenvalue weighted by Crippen LogP contribution is -2.71. The second kappa shape index (κ2) is 18.3. The Morgan fingerprint density at radius 2 is 0.807 bits per heavy atom. The van der Waals surface area contributed by atoms with Gasteiger partial charge in [0, 0.05) is 0 Å². The SMILES string of the molecule is CC(C)[C@@](C)([15NH]C(=O)C(C)(C)NC(=O)C(C)(C)N[13C](=O)[C@](C)(N[13C](=O)[C@](C)(NC(=O)OCc1ccccc1)C(C)C)C(C)C)C(=O)NC(C)(C)C(=O)OC(C)(C)C. The van der Waals surface area contributed by atoms with Crippen LogP contribution in [0.5, 0.6) is 0 Å². The Hall–Kier alpha value is -4.69. The molecule has 0 bridgehead atoms. The summed E-state index contributed by atoms with van der Waals surface area (Å²) in [7, 11) is 0. The first-order valence-corrected chi connectivity index (χ1v) is 19.4. The number of alkyl carbamates (subject to hydrolysis) is 1. The average molecular weight is 806 g/mol. The van der Waals surface area contributed by atoms with Crippen LogP contribution in [0.15, 0.2) is 30.3 Å². The summed E-state index contributed by atoms with van der Waals surface area (Å²) in [5, 5.41) is 16.3. The molecular formula is C42H70N6O9. The number of esters is 1. The second-order valence-corrected chi connectivity index (χ2v) is 18.9. The van der Waals surface area contributed by atoms with Gasteiger partial charge in [0.25, 0.3) is 0 Å². The topological polar surface area (TPSA) is 210 Å². The van der Waals surface area contributed by atoms with Crippen LogP contribution < -0.4 is 31.9 Å². The number of carbonyl (C=O) groups is 7. The van der Waals surface area contributed by atoms with E-state index in [9.17, 15) is 33.6 Å². The molecule has 3 atom stereocenters. The number of rotatable bonds is 17. The van der Waals surface area contributed by atoms with Crippen molar-refractivity contribution in [2.24, 2.45) is 17.8 Å². The van der Waals surface area contributed by atoms with E-state index < -0.39 is 98.2 Å². The molecule has 1 rings (SSSR count). The molecule has 0 radical (unpaired) electrons. The number of nitrogens with one attached hydrogen (secondary N) is 6. The fourth-order valence-corrected chi connectivity index (χ4v) is 4.96. The third-order valence-corrected chi connectivity index (χ3v) is 10.5. The van der Waals surface area contributed by atoms with E-state index in [-0.39, 0.29) is 6.61 Å².